The number of carbonyl (C=O) groups is 2. The van der Waals surface area contributed by atoms with E-state index in [1.165, 1.54) is 26.0 Å². The van der Waals surface area contributed by atoms with Gasteiger partial charge in [0.1, 0.15) is 23.0 Å². The van der Waals surface area contributed by atoms with Gasteiger partial charge in [0, 0.05) is 45.3 Å². The number of ether oxygens (including phenoxy) is 2. The highest BCUT2D eigenvalue weighted by Gasteiger charge is 2.00. The van der Waals surface area contributed by atoms with Crippen LogP contribution in [-0.4, -0.2) is 69.2 Å². The number of rotatable bonds is 14. The Labute approximate surface area is 381 Å². The van der Waals surface area contributed by atoms with Crippen LogP contribution in [0.25, 0.3) is 0 Å². The predicted octanol–water partition coefficient (Wildman–Crippen LogP) is 15.3. The van der Waals surface area contributed by atoms with Crippen LogP contribution in [0.4, 0.5) is 0 Å². The molecule has 0 saturated carbocycles. The molecule has 0 aromatic heterocycles. The van der Waals surface area contributed by atoms with E-state index < -0.39 is 0 Å². The van der Waals surface area contributed by atoms with E-state index in [9.17, 15) is 9.59 Å². The Kier molecular flexibility index (Phi) is 57.6. The molecule has 0 amide bonds. The Hall–Kier alpha value is -2.46. The number of para-hydroxylation sites is 2. The number of phenolic OH excluding ortho intramolecular Hbond substituents is 2. The fraction of sp³-hybridized carbons (Fsp3) is 0.422. The third-order valence-electron chi connectivity index (χ3n) is 5.62. The first kappa shape index (κ1) is 63.7. The number of phenols is 2. The Bertz CT molecular complexity index is 1400. The van der Waals surface area contributed by atoms with Gasteiger partial charge in [0.25, 0.3) is 0 Å². The minimum Gasteiger partial charge on any atom is -0.508 e. The van der Waals surface area contributed by atoms with Crippen LogP contribution in [0.3, 0.4) is 0 Å². The van der Waals surface area contributed by atoms with E-state index in [1.807, 2.05) is 76.2 Å². The van der Waals surface area contributed by atoms with E-state index in [4.69, 9.17) is 66.1 Å². The quantitative estimate of drug-likeness (QED) is 0.0743. The fourth-order valence-corrected chi connectivity index (χ4v) is 4.76. The van der Waals surface area contributed by atoms with Crippen LogP contribution in [0.5, 0.6) is 23.0 Å². The van der Waals surface area contributed by atoms with E-state index in [-0.39, 0.29) is 24.7 Å². The molecule has 0 aliphatic rings. The van der Waals surface area contributed by atoms with Gasteiger partial charge >= 0.3 is 0 Å². The standard InChI is InChI=1S/C11H13ClO2.C9H11ClO.C8H8O2.C6H6O.2C3H6BrCl.2C2H6.CH4/c1-9(13)10-4-2-5-11(8-10)14-7-3-6-12;10-7-4-8-11-9-5-2-1-3-6-9;1-6(9)7-3-2-4-8(10)5-7;7-6-4-2-1-3-5-6;2*4-2-1-3-5;2*1-2;/h2,4-5,8H,3,6-7H2,1H3;1-3,5-6H,4,7-8H2;2-5,10H,1H3;1-5,7H;2*1-3H2;2*1-2H3;1H4. The molecule has 0 spiro atoms. The molecule has 0 atom stereocenters. The zero-order valence-corrected chi connectivity index (χ0v) is 39.9. The van der Waals surface area contributed by atoms with Crippen molar-refractivity contribution in [3.8, 4) is 23.0 Å². The summed E-state index contributed by atoms with van der Waals surface area (Å²) in [4.78, 5) is 21.7. The summed E-state index contributed by atoms with van der Waals surface area (Å²) < 4.78 is 10.8. The summed E-state index contributed by atoms with van der Waals surface area (Å²) in [6, 6.07) is 31.9. The van der Waals surface area contributed by atoms with Gasteiger partial charge in [0.2, 0.25) is 0 Å². The van der Waals surface area contributed by atoms with E-state index in [0.29, 0.717) is 41.9 Å². The average molecular weight is 1000 g/mol. The van der Waals surface area contributed by atoms with Gasteiger partial charge in [-0.1, -0.05) is 128 Å². The van der Waals surface area contributed by atoms with Crippen molar-refractivity contribution in [2.24, 2.45) is 0 Å². The van der Waals surface area contributed by atoms with Gasteiger partial charge in [0.05, 0.1) is 13.2 Å². The lowest BCUT2D eigenvalue weighted by atomic mass is 10.1. The van der Waals surface area contributed by atoms with Crippen LogP contribution in [0, 0.1) is 0 Å². The van der Waals surface area contributed by atoms with E-state index >= 15 is 0 Å². The predicted molar refractivity (Wildman–Crippen MR) is 258 cm³/mol. The van der Waals surface area contributed by atoms with Crippen LogP contribution < -0.4 is 9.47 Å². The minimum absolute atomic E-state index is 0. The molecule has 0 saturated heterocycles. The van der Waals surface area contributed by atoms with Gasteiger partial charge < -0.3 is 19.7 Å². The Morgan fingerprint density at radius 3 is 1.18 bits per heavy atom. The Morgan fingerprint density at radius 1 is 0.509 bits per heavy atom. The number of benzene rings is 4. The molecule has 2 N–H and O–H groups in total. The molecule has 0 heterocycles. The zero-order valence-electron chi connectivity index (χ0n) is 33.7. The first-order chi connectivity index (χ1) is 27.1. The van der Waals surface area contributed by atoms with Gasteiger partial charge in [-0.25, -0.2) is 0 Å². The lowest BCUT2D eigenvalue weighted by Crippen LogP contribution is -1.99. The summed E-state index contributed by atoms with van der Waals surface area (Å²) >= 11 is 28.0. The summed E-state index contributed by atoms with van der Waals surface area (Å²) in [5.74, 6) is 4.90. The molecule has 12 heteroatoms. The van der Waals surface area contributed by atoms with Crippen molar-refractivity contribution in [3.63, 3.8) is 0 Å². The second-order valence-corrected chi connectivity index (χ2v) is 13.2. The molecule has 324 valence electrons. The first-order valence-electron chi connectivity index (χ1n) is 18.4. The number of Topliss-reactive ketones (excluding diaryl/α,β-unsaturated/α-hetero) is 2. The van der Waals surface area contributed by atoms with E-state index in [0.717, 1.165) is 59.6 Å². The van der Waals surface area contributed by atoms with Gasteiger partial charge in [-0.05, 0) is 88.1 Å². The normalized spacial score (nSPS) is 8.63. The SMILES string of the molecule is C.CC.CC.CC(=O)c1cccc(O)c1.CC(=O)c1cccc(OCCCCl)c1.ClCCCBr.ClCCCBr.ClCCCOc1ccccc1.Oc1ccccc1. The maximum Gasteiger partial charge on any atom is 0.159 e. The topological polar surface area (TPSA) is 93.1 Å². The van der Waals surface area contributed by atoms with E-state index in [1.54, 1.807) is 48.5 Å². The van der Waals surface area contributed by atoms with Crippen molar-refractivity contribution >= 4 is 89.8 Å². The summed E-state index contributed by atoms with van der Waals surface area (Å²) in [6.07, 6.45) is 3.85. The first-order valence-corrected chi connectivity index (χ1v) is 22.8. The zero-order chi connectivity index (χ0) is 43.2. The van der Waals surface area contributed by atoms with Crippen molar-refractivity contribution in [1.29, 1.82) is 0 Å². The molecule has 0 unspecified atom stereocenters. The number of hydrogen-bond donors (Lipinski definition) is 2. The van der Waals surface area contributed by atoms with Crippen LogP contribution in [0.2, 0.25) is 0 Å². The number of hydrogen-bond acceptors (Lipinski definition) is 6. The molecule has 57 heavy (non-hydrogen) atoms. The van der Waals surface area contributed by atoms with Crippen molar-refractivity contribution in [1.82, 2.24) is 0 Å². The molecule has 0 aliphatic carbocycles. The van der Waals surface area contributed by atoms with Crippen LogP contribution in [0.1, 0.15) is 95.4 Å². The number of ketones is 2. The number of halogens is 6. The summed E-state index contributed by atoms with van der Waals surface area (Å²) in [7, 11) is 0. The van der Waals surface area contributed by atoms with Crippen LogP contribution in [-0.2, 0) is 0 Å². The highest BCUT2D eigenvalue weighted by Crippen LogP contribution is 2.14. The molecule has 0 fully saturated rings. The molecule has 4 rings (SSSR count). The van der Waals surface area contributed by atoms with Crippen LogP contribution in [0.15, 0.2) is 109 Å². The van der Waals surface area contributed by atoms with Gasteiger partial charge in [0.15, 0.2) is 11.6 Å². The van der Waals surface area contributed by atoms with Crippen molar-refractivity contribution in [2.75, 3.05) is 47.4 Å². The third kappa shape index (κ3) is 46.1. The molecular formula is C45H66Br2Cl4O6. The second kappa shape index (κ2) is 51.6. The summed E-state index contributed by atoms with van der Waals surface area (Å²) in [5, 5.41) is 19.6. The third-order valence-corrected chi connectivity index (χ3v) is 7.81. The number of carbonyl (C=O) groups excluding carboxylic acids is 2. The van der Waals surface area contributed by atoms with Crippen molar-refractivity contribution in [2.45, 2.75) is 74.7 Å². The second-order valence-electron chi connectivity index (χ2n) is 10.1. The minimum atomic E-state index is -0.0316. The Balaban J connectivity index is -0.000000192. The summed E-state index contributed by atoms with van der Waals surface area (Å²) in [6.45, 7) is 12.3. The van der Waals surface area contributed by atoms with Gasteiger partial charge in [-0.2, -0.15) is 0 Å². The number of aromatic hydroxyl groups is 2. The molecule has 6 nitrogen and oxygen atoms in total. The molecule has 4 aromatic carbocycles. The lowest BCUT2D eigenvalue weighted by molar-refractivity contribution is 0.100. The van der Waals surface area contributed by atoms with Crippen LogP contribution >= 0.6 is 78.3 Å². The highest BCUT2D eigenvalue weighted by atomic mass is 79.9. The summed E-state index contributed by atoms with van der Waals surface area (Å²) in [5.41, 5.74) is 1.22. The average Bonchev–Trinajstić information content (AvgIpc) is 3.22. The fourth-order valence-electron chi connectivity index (χ4n) is 3.06. The molecule has 0 aliphatic heterocycles. The molecule has 0 bridgehead atoms. The largest absolute Gasteiger partial charge is 0.508 e. The monoisotopic (exact) mass is 1000 g/mol. The van der Waals surface area contributed by atoms with Crippen molar-refractivity contribution in [3.05, 3.63) is 120 Å². The van der Waals surface area contributed by atoms with Gasteiger partial charge in [-0.15, -0.1) is 46.4 Å². The smallest absolute Gasteiger partial charge is 0.159 e. The van der Waals surface area contributed by atoms with Gasteiger partial charge in [-0.3, -0.25) is 9.59 Å². The van der Waals surface area contributed by atoms with Crippen molar-refractivity contribution < 1.29 is 29.3 Å². The maximum absolute atomic E-state index is 11.1. The lowest BCUT2D eigenvalue weighted by Gasteiger charge is -2.05. The number of alkyl halides is 6. The molecular weight excluding hydrogens is 938 g/mol. The van der Waals surface area contributed by atoms with E-state index in [2.05, 4.69) is 31.9 Å². The molecule has 4 aromatic rings. The molecule has 0 radical (unpaired) electrons. The Morgan fingerprint density at radius 2 is 0.860 bits per heavy atom. The maximum atomic E-state index is 11.1. The highest BCUT2D eigenvalue weighted by molar-refractivity contribution is 9.09.